The molecular formula is C21H32S2Si2. The minimum atomic E-state index is -1.56. The fraction of sp³-hybridized carbons (Fsp3) is 0.524. The van der Waals surface area contributed by atoms with Gasteiger partial charge in [-0.2, -0.15) is 0 Å². The first kappa shape index (κ1) is 24.3. The topological polar surface area (TPSA) is 0 Å². The van der Waals surface area contributed by atoms with E-state index in [2.05, 4.69) is 88.3 Å². The molecule has 0 atom stereocenters. The molecule has 0 rings (SSSR count). The van der Waals surface area contributed by atoms with Gasteiger partial charge in [-0.25, -0.2) is 0 Å². The molecule has 25 heavy (non-hydrogen) atoms. The average molecular weight is 405 g/mol. The Morgan fingerprint density at radius 3 is 1.48 bits per heavy atom. The van der Waals surface area contributed by atoms with Crippen molar-refractivity contribution in [2.45, 2.75) is 58.5 Å². The first-order chi connectivity index (χ1) is 11.3. The van der Waals surface area contributed by atoms with Crippen molar-refractivity contribution in [2.24, 2.45) is 0 Å². The first-order valence-corrected chi connectivity index (χ1v) is 17.3. The molecule has 0 amide bonds. The average Bonchev–Trinajstić information content (AvgIpc) is 2.46. The molecule has 0 radical (unpaired) electrons. The van der Waals surface area contributed by atoms with Gasteiger partial charge < -0.3 is 0 Å². The van der Waals surface area contributed by atoms with Crippen LogP contribution in [0.2, 0.25) is 37.8 Å². The molecule has 0 nitrogen and oxygen atoms in total. The SMILES string of the molecule is CS/C(C#C/C(=C/C#C[Si](C)(C)C(C)(C)C)SC)=C\C#C[Si](C)(C)C. The third kappa shape index (κ3) is 10.8. The molecule has 0 bridgehead atoms. The van der Waals surface area contributed by atoms with Gasteiger partial charge in [-0.1, -0.05) is 77.2 Å². The van der Waals surface area contributed by atoms with Crippen molar-refractivity contribution >= 4 is 39.7 Å². The van der Waals surface area contributed by atoms with E-state index < -0.39 is 16.1 Å². The summed E-state index contributed by atoms with van der Waals surface area (Å²) >= 11 is 3.28. The van der Waals surface area contributed by atoms with Crippen LogP contribution in [-0.2, 0) is 0 Å². The minimum absolute atomic E-state index is 0.281. The largest absolute Gasteiger partial charge is 0.138 e. The normalized spacial score (nSPS) is 13.0. The summed E-state index contributed by atoms with van der Waals surface area (Å²) < 4.78 is 0. The first-order valence-electron chi connectivity index (χ1n) is 8.38. The van der Waals surface area contributed by atoms with E-state index in [0.29, 0.717) is 0 Å². The Morgan fingerprint density at radius 1 is 0.760 bits per heavy atom. The third-order valence-electron chi connectivity index (χ3n) is 3.86. The van der Waals surface area contributed by atoms with Gasteiger partial charge in [0.1, 0.15) is 16.1 Å². The maximum atomic E-state index is 3.51. The molecule has 0 spiro atoms. The molecule has 0 aliphatic rings. The van der Waals surface area contributed by atoms with Crippen LogP contribution in [0.4, 0.5) is 0 Å². The van der Waals surface area contributed by atoms with E-state index in [1.807, 2.05) is 24.7 Å². The molecule has 4 heteroatoms. The van der Waals surface area contributed by atoms with Crippen molar-refractivity contribution in [3.8, 4) is 34.8 Å². The van der Waals surface area contributed by atoms with Crippen molar-refractivity contribution < 1.29 is 0 Å². The summed E-state index contributed by atoms with van der Waals surface area (Å²) in [4.78, 5) is 2.01. The van der Waals surface area contributed by atoms with Crippen LogP contribution < -0.4 is 0 Å². The Balaban J connectivity index is 5.39. The molecule has 0 heterocycles. The maximum Gasteiger partial charge on any atom is 0.138 e. The molecule has 0 aromatic carbocycles. The molecule has 136 valence electrons. The summed E-state index contributed by atoms with van der Waals surface area (Å²) in [5, 5.41) is 0.281. The highest BCUT2D eigenvalue weighted by atomic mass is 32.2. The zero-order valence-electron chi connectivity index (χ0n) is 17.5. The van der Waals surface area contributed by atoms with Crippen LogP contribution in [0.3, 0.4) is 0 Å². The molecule has 0 unspecified atom stereocenters. The van der Waals surface area contributed by atoms with E-state index in [1.54, 1.807) is 23.5 Å². The summed E-state index contributed by atoms with van der Waals surface area (Å²) in [7, 11) is -2.90. The van der Waals surface area contributed by atoms with Gasteiger partial charge in [-0.15, -0.1) is 34.6 Å². The van der Waals surface area contributed by atoms with Gasteiger partial charge in [-0.3, -0.25) is 0 Å². The highest BCUT2D eigenvalue weighted by molar-refractivity contribution is 8.03. The van der Waals surface area contributed by atoms with Crippen molar-refractivity contribution in [1.82, 2.24) is 0 Å². The monoisotopic (exact) mass is 404 g/mol. The van der Waals surface area contributed by atoms with Gasteiger partial charge in [0.15, 0.2) is 0 Å². The highest BCUT2D eigenvalue weighted by Gasteiger charge is 2.33. The van der Waals surface area contributed by atoms with Crippen molar-refractivity contribution in [3.63, 3.8) is 0 Å². The van der Waals surface area contributed by atoms with Gasteiger partial charge in [0, 0.05) is 12.2 Å². The van der Waals surface area contributed by atoms with Gasteiger partial charge in [0.05, 0.1) is 9.81 Å². The van der Waals surface area contributed by atoms with Gasteiger partial charge in [0.2, 0.25) is 0 Å². The summed E-state index contributed by atoms with van der Waals surface area (Å²) in [6, 6.07) is 0. The predicted molar refractivity (Wildman–Crippen MR) is 127 cm³/mol. The molecule has 0 aliphatic carbocycles. The lowest BCUT2D eigenvalue weighted by molar-refractivity contribution is 0.731. The van der Waals surface area contributed by atoms with E-state index in [1.165, 1.54) is 0 Å². The second kappa shape index (κ2) is 10.4. The van der Waals surface area contributed by atoms with E-state index in [0.717, 1.165) is 9.81 Å². The Kier molecular flexibility index (Phi) is 10.1. The molecular weight excluding hydrogens is 373 g/mol. The van der Waals surface area contributed by atoms with E-state index in [9.17, 15) is 0 Å². The second-order valence-electron chi connectivity index (χ2n) is 8.34. The third-order valence-corrected chi connectivity index (χ3v) is 10.6. The minimum Gasteiger partial charge on any atom is -0.127 e. The molecule has 0 saturated heterocycles. The van der Waals surface area contributed by atoms with Crippen molar-refractivity contribution in [2.75, 3.05) is 12.5 Å². The Bertz CT molecular complexity index is 695. The van der Waals surface area contributed by atoms with Crippen LogP contribution in [0.5, 0.6) is 0 Å². The number of allylic oxidation sites excluding steroid dienone is 4. The standard InChI is InChI=1S/C21H32S2Si2/c1-21(2,3)25(9,10)18-12-14-20(23-5)16-15-19(22-4)13-11-17-24(6,7)8/h13-14H,1-10H3/b19-13-,20-14-. The van der Waals surface area contributed by atoms with Gasteiger partial charge in [-0.05, 0) is 17.5 Å². The second-order valence-corrected chi connectivity index (χ2v) is 19.8. The summed E-state index contributed by atoms with van der Waals surface area (Å²) in [6.45, 7) is 18.2. The Hall–Kier alpha value is -0.706. The highest BCUT2D eigenvalue weighted by Crippen LogP contribution is 2.35. The zero-order valence-corrected chi connectivity index (χ0v) is 21.1. The van der Waals surface area contributed by atoms with Crippen LogP contribution in [0.25, 0.3) is 0 Å². The number of thioether (sulfide) groups is 2. The summed E-state index contributed by atoms with van der Waals surface area (Å²) in [6.07, 6.45) is 7.98. The maximum absolute atomic E-state index is 3.51. The molecule has 0 N–H and O–H groups in total. The van der Waals surface area contributed by atoms with Gasteiger partial charge >= 0.3 is 0 Å². The molecule has 0 aliphatic heterocycles. The molecule has 0 saturated carbocycles. The molecule has 0 aromatic rings. The summed E-state index contributed by atoms with van der Waals surface area (Å²) in [5.74, 6) is 12.9. The van der Waals surface area contributed by atoms with Crippen molar-refractivity contribution in [1.29, 1.82) is 0 Å². The smallest absolute Gasteiger partial charge is 0.127 e. The van der Waals surface area contributed by atoms with Crippen LogP contribution in [0, 0.1) is 34.8 Å². The van der Waals surface area contributed by atoms with Crippen LogP contribution in [0.15, 0.2) is 22.0 Å². The van der Waals surface area contributed by atoms with E-state index in [-0.39, 0.29) is 5.04 Å². The quantitative estimate of drug-likeness (QED) is 0.385. The fourth-order valence-corrected chi connectivity index (χ4v) is 3.18. The fourth-order valence-electron chi connectivity index (χ4n) is 1.20. The number of rotatable bonds is 2. The van der Waals surface area contributed by atoms with Crippen LogP contribution >= 0.6 is 23.5 Å². The lowest BCUT2D eigenvalue weighted by atomic mass is 10.2. The molecule has 0 aromatic heterocycles. The predicted octanol–water partition coefficient (Wildman–Crippen LogP) is 6.42. The number of hydrogen-bond donors (Lipinski definition) is 0. The lowest BCUT2D eigenvalue weighted by Gasteiger charge is -2.31. The van der Waals surface area contributed by atoms with Crippen LogP contribution in [-0.4, -0.2) is 28.7 Å². The van der Waals surface area contributed by atoms with Gasteiger partial charge in [0.25, 0.3) is 0 Å². The summed E-state index contributed by atoms with van der Waals surface area (Å²) in [5.41, 5.74) is 6.86. The Labute approximate surface area is 167 Å². The Morgan fingerprint density at radius 2 is 1.16 bits per heavy atom. The van der Waals surface area contributed by atoms with E-state index >= 15 is 0 Å². The van der Waals surface area contributed by atoms with Crippen molar-refractivity contribution in [3.05, 3.63) is 22.0 Å². The zero-order chi connectivity index (χ0) is 19.7. The van der Waals surface area contributed by atoms with E-state index in [4.69, 9.17) is 0 Å². The lowest BCUT2D eigenvalue weighted by Crippen LogP contribution is -2.35. The molecule has 0 fully saturated rings. The number of hydrogen-bond acceptors (Lipinski definition) is 2. The van der Waals surface area contributed by atoms with Crippen LogP contribution in [0.1, 0.15) is 20.8 Å².